The number of hydrogen-bond donors (Lipinski definition) is 0. The second kappa shape index (κ2) is 10.3. The molecule has 2 rings (SSSR count). The van der Waals surface area contributed by atoms with Crippen molar-refractivity contribution in [2.75, 3.05) is 6.61 Å². The molecule has 4 heteroatoms. The lowest BCUT2D eigenvalue weighted by Gasteiger charge is -2.20. The van der Waals surface area contributed by atoms with Crippen LogP contribution in [0.5, 0.6) is 11.5 Å². The Hall–Kier alpha value is -2.62. The summed E-state index contributed by atoms with van der Waals surface area (Å²) in [7, 11) is 0. The Kier molecular flexibility index (Phi) is 7.70. The molecular formula is C21H24O4. The van der Waals surface area contributed by atoms with Crippen LogP contribution in [-0.4, -0.2) is 25.3 Å². The molecule has 0 aliphatic rings. The van der Waals surface area contributed by atoms with E-state index in [4.69, 9.17) is 9.47 Å². The Morgan fingerprint density at radius 2 is 1.40 bits per heavy atom. The molecule has 2 aromatic carbocycles. The summed E-state index contributed by atoms with van der Waals surface area (Å²) in [6.45, 7) is 2.60. The fourth-order valence-electron chi connectivity index (χ4n) is 2.45. The predicted molar refractivity (Wildman–Crippen MR) is 97.7 cm³/mol. The summed E-state index contributed by atoms with van der Waals surface area (Å²) in [5.74, 6) is 1.44. The standard InChI is InChI=1S/C21H24O4/c1-2-3-4-5-21(25-20-12-8-18(15-23)9-13-20)16-24-19-10-6-17(14-22)7-11-19/h6-15,21H,2-5,16H2,1H3. The Bertz CT molecular complexity index is 647. The van der Waals surface area contributed by atoms with E-state index >= 15 is 0 Å². The van der Waals surface area contributed by atoms with Crippen LogP contribution >= 0.6 is 0 Å². The molecule has 4 nitrogen and oxygen atoms in total. The fraction of sp³-hybridized carbons (Fsp3) is 0.333. The van der Waals surface area contributed by atoms with Gasteiger partial charge in [0.2, 0.25) is 0 Å². The number of carbonyl (C=O) groups excluding carboxylic acids is 2. The van der Waals surface area contributed by atoms with Gasteiger partial charge in [0.15, 0.2) is 0 Å². The van der Waals surface area contributed by atoms with Crippen molar-refractivity contribution < 1.29 is 19.1 Å². The van der Waals surface area contributed by atoms with Crippen molar-refractivity contribution in [3.63, 3.8) is 0 Å². The first-order chi connectivity index (χ1) is 12.2. The maximum Gasteiger partial charge on any atom is 0.150 e. The van der Waals surface area contributed by atoms with Crippen molar-refractivity contribution in [3.8, 4) is 11.5 Å². The molecule has 132 valence electrons. The molecule has 1 unspecified atom stereocenters. The highest BCUT2D eigenvalue weighted by Gasteiger charge is 2.12. The number of aldehydes is 2. The quantitative estimate of drug-likeness (QED) is 0.439. The minimum absolute atomic E-state index is 0.0700. The third-order valence-corrected chi connectivity index (χ3v) is 3.90. The molecule has 0 bridgehead atoms. The number of carbonyl (C=O) groups is 2. The molecule has 0 aromatic heterocycles. The zero-order chi connectivity index (χ0) is 17.9. The van der Waals surface area contributed by atoms with Crippen LogP contribution in [0.4, 0.5) is 0 Å². The largest absolute Gasteiger partial charge is 0.490 e. The van der Waals surface area contributed by atoms with Crippen LogP contribution in [0.3, 0.4) is 0 Å². The number of rotatable bonds is 11. The van der Waals surface area contributed by atoms with Crippen LogP contribution in [0.15, 0.2) is 48.5 Å². The van der Waals surface area contributed by atoms with Crippen molar-refractivity contribution in [2.45, 2.75) is 38.7 Å². The molecule has 0 saturated heterocycles. The summed E-state index contributed by atoms with van der Waals surface area (Å²) in [6, 6.07) is 14.1. The van der Waals surface area contributed by atoms with E-state index in [-0.39, 0.29) is 6.10 Å². The van der Waals surface area contributed by atoms with Gasteiger partial charge in [0.25, 0.3) is 0 Å². The summed E-state index contributed by atoms with van der Waals surface area (Å²) >= 11 is 0. The minimum atomic E-state index is -0.0700. The maximum atomic E-state index is 10.7. The minimum Gasteiger partial charge on any atom is -0.490 e. The lowest BCUT2D eigenvalue weighted by Crippen LogP contribution is -2.25. The van der Waals surface area contributed by atoms with Crippen LogP contribution in [0, 0.1) is 0 Å². The average Bonchev–Trinajstić information content (AvgIpc) is 2.67. The van der Waals surface area contributed by atoms with E-state index in [9.17, 15) is 9.59 Å². The van der Waals surface area contributed by atoms with Gasteiger partial charge in [-0.05, 0) is 61.4 Å². The number of ether oxygens (including phenoxy) is 2. The van der Waals surface area contributed by atoms with Crippen LogP contribution < -0.4 is 9.47 Å². The third kappa shape index (κ3) is 6.42. The smallest absolute Gasteiger partial charge is 0.150 e. The maximum absolute atomic E-state index is 10.7. The normalized spacial score (nSPS) is 11.6. The molecule has 0 spiro atoms. The average molecular weight is 340 g/mol. The van der Waals surface area contributed by atoms with E-state index in [0.29, 0.717) is 23.5 Å². The fourth-order valence-corrected chi connectivity index (χ4v) is 2.45. The highest BCUT2D eigenvalue weighted by atomic mass is 16.5. The van der Waals surface area contributed by atoms with Gasteiger partial charge in [-0.1, -0.05) is 19.8 Å². The van der Waals surface area contributed by atoms with E-state index in [1.807, 2.05) is 0 Å². The molecule has 2 aromatic rings. The van der Waals surface area contributed by atoms with Crippen molar-refractivity contribution >= 4 is 12.6 Å². The van der Waals surface area contributed by atoms with Gasteiger partial charge in [-0.3, -0.25) is 9.59 Å². The Balaban J connectivity index is 1.95. The highest BCUT2D eigenvalue weighted by Crippen LogP contribution is 2.18. The number of benzene rings is 2. The Labute approximate surface area is 148 Å². The summed E-state index contributed by atoms with van der Waals surface area (Å²) in [4.78, 5) is 21.4. The molecule has 0 radical (unpaired) electrons. The first kappa shape index (κ1) is 18.7. The highest BCUT2D eigenvalue weighted by molar-refractivity contribution is 5.75. The first-order valence-electron chi connectivity index (χ1n) is 8.65. The van der Waals surface area contributed by atoms with E-state index in [1.54, 1.807) is 48.5 Å². The van der Waals surface area contributed by atoms with Crippen molar-refractivity contribution in [1.82, 2.24) is 0 Å². The molecule has 25 heavy (non-hydrogen) atoms. The first-order valence-corrected chi connectivity index (χ1v) is 8.65. The summed E-state index contributed by atoms with van der Waals surface area (Å²) in [5.41, 5.74) is 1.25. The molecule has 0 N–H and O–H groups in total. The molecular weight excluding hydrogens is 316 g/mol. The third-order valence-electron chi connectivity index (χ3n) is 3.90. The van der Waals surface area contributed by atoms with Gasteiger partial charge in [0, 0.05) is 11.1 Å². The molecule has 0 fully saturated rings. The van der Waals surface area contributed by atoms with Gasteiger partial charge in [0.05, 0.1) is 0 Å². The van der Waals surface area contributed by atoms with Gasteiger partial charge in [-0.2, -0.15) is 0 Å². The van der Waals surface area contributed by atoms with Gasteiger partial charge in [-0.25, -0.2) is 0 Å². The molecule has 0 aliphatic carbocycles. The zero-order valence-corrected chi connectivity index (χ0v) is 14.5. The van der Waals surface area contributed by atoms with E-state index in [0.717, 1.165) is 44.0 Å². The Morgan fingerprint density at radius 1 is 0.840 bits per heavy atom. The second-order valence-electron chi connectivity index (χ2n) is 5.92. The van der Waals surface area contributed by atoms with E-state index in [2.05, 4.69) is 6.92 Å². The van der Waals surface area contributed by atoms with Gasteiger partial charge < -0.3 is 9.47 Å². The molecule has 0 aliphatic heterocycles. The molecule has 0 heterocycles. The van der Waals surface area contributed by atoms with Gasteiger partial charge in [0.1, 0.15) is 36.8 Å². The van der Waals surface area contributed by atoms with Crippen molar-refractivity contribution in [1.29, 1.82) is 0 Å². The number of unbranched alkanes of at least 4 members (excludes halogenated alkanes) is 2. The topological polar surface area (TPSA) is 52.6 Å². The van der Waals surface area contributed by atoms with Crippen LogP contribution in [0.25, 0.3) is 0 Å². The van der Waals surface area contributed by atoms with Gasteiger partial charge in [-0.15, -0.1) is 0 Å². The van der Waals surface area contributed by atoms with Crippen LogP contribution in [0.2, 0.25) is 0 Å². The van der Waals surface area contributed by atoms with E-state index < -0.39 is 0 Å². The molecule has 0 saturated carbocycles. The second-order valence-corrected chi connectivity index (χ2v) is 5.92. The molecule has 0 amide bonds. The monoisotopic (exact) mass is 340 g/mol. The Morgan fingerprint density at radius 3 is 1.92 bits per heavy atom. The van der Waals surface area contributed by atoms with Crippen molar-refractivity contribution in [2.24, 2.45) is 0 Å². The van der Waals surface area contributed by atoms with Crippen LogP contribution in [-0.2, 0) is 0 Å². The summed E-state index contributed by atoms with van der Waals surface area (Å²) in [6.07, 6.45) is 5.82. The SMILES string of the molecule is CCCCCC(COc1ccc(C=O)cc1)Oc1ccc(C=O)cc1. The zero-order valence-electron chi connectivity index (χ0n) is 14.5. The van der Waals surface area contributed by atoms with Gasteiger partial charge >= 0.3 is 0 Å². The van der Waals surface area contributed by atoms with Crippen molar-refractivity contribution in [3.05, 3.63) is 59.7 Å². The summed E-state index contributed by atoms with van der Waals surface area (Å²) in [5, 5.41) is 0. The van der Waals surface area contributed by atoms with E-state index in [1.165, 1.54) is 0 Å². The lowest BCUT2D eigenvalue weighted by molar-refractivity contribution is 0.111. The number of hydrogen-bond acceptors (Lipinski definition) is 4. The predicted octanol–water partition coefficient (Wildman–Crippen LogP) is 4.72. The molecule has 1 atom stereocenters. The summed E-state index contributed by atoms with van der Waals surface area (Å²) < 4.78 is 11.8. The van der Waals surface area contributed by atoms with Crippen LogP contribution in [0.1, 0.15) is 53.3 Å². The lowest BCUT2D eigenvalue weighted by atomic mass is 10.1.